The third-order valence-electron chi connectivity index (χ3n) is 3.17. The first-order valence-electron chi connectivity index (χ1n) is 6.74. The molecule has 0 spiro atoms. The lowest BCUT2D eigenvalue weighted by molar-refractivity contribution is -0.136. The lowest BCUT2D eigenvalue weighted by Crippen LogP contribution is -2.32. The minimum Gasteiger partial charge on any atom is -0.318 e. The zero-order valence-corrected chi connectivity index (χ0v) is 13.5. The average Bonchev–Trinajstić information content (AvgIpc) is 3.02. The number of thiophene rings is 1. The molecule has 2 amide bonds. The third-order valence-corrected chi connectivity index (χ3v) is 4.15. The molecular formula is C16H17N3O2S. The van der Waals surface area contributed by atoms with E-state index < -0.39 is 11.8 Å². The number of hydrogen-bond donors (Lipinski definition) is 2. The number of aryl methyl sites for hydroxylation is 2. The van der Waals surface area contributed by atoms with Crippen molar-refractivity contribution in [2.45, 2.75) is 20.8 Å². The van der Waals surface area contributed by atoms with Gasteiger partial charge in [-0.05, 0) is 55.5 Å². The van der Waals surface area contributed by atoms with Gasteiger partial charge in [-0.2, -0.15) is 5.10 Å². The van der Waals surface area contributed by atoms with Gasteiger partial charge in [-0.25, -0.2) is 5.43 Å². The molecule has 0 atom stereocenters. The van der Waals surface area contributed by atoms with Crippen molar-refractivity contribution in [1.29, 1.82) is 0 Å². The van der Waals surface area contributed by atoms with Crippen LogP contribution in [0, 0.1) is 13.8 Å². The molecule has 1 aromatic heterocycles. The quantitative estimate of drug-likeness (QED) is 0.519. The van der Waals surface area contributed by atoms with Crippen molar-refractivity contribution in [3.63, 3.8) is 0 Å². The van der Waals surface area contributed by atoms with E-state index in [0.29, 0.717) is 11.4 Å². The Morgan fingerprint density at radius 2 is 1.86 bits per heavy atom. The van der Waals surface area contributed by atoms with E-state index in [4.69, 9.17) is 0 Å². The van der Waals surface area contributed by atoms with Gasteiger partial charge in [-0.1, -0.05) is 12.1 Å². The van der Waals surface area contributed by atoms with Crippen molar-refractivity contribution in [2.24, 2.45) is 5.10 Å². The molecule has 114 valence electrons. The molecule has 0 aliphatic rings. The maximum atomic E-state index is 11.8. The van der Waals surface area contributed by atoms with Gasteiger partial charge in [0.25, 0.3) is 0 Å². The summed E-state index contributed by atoms with van der Waals surface area (Å²) >= 11 is 1.51. The van der Waals surface area contributed by atoms with Gasteiger partial charge in [-0.15, -0.1) is 11.3 Å². The summed E-state index contributed by atoms with van der Waals surface area (Å²) in [5.74, 6) is -1.54. The van der Waals surface area contributed by atoms with Crippen LogP contribution in [0.4, 0.5) is 5.69 Å². The number of nitrogens with zero attached hydrogens (tertiary/aromatic N) is 1. The highest BCUT2D eigenvalue weighted by Crippen LogP contribution is 2.14. The van der Waals surface area contributed by atoms with E-state index in [2.05, 4.69) is 15.8 Å². The van der Waals surface area contributed by atoms with Crippen LogP contribution in [0.3, 0.4) is 0 Å². The lowest BCUT2D eigenvalue weighted by Gasteiger charge is -2.07. The summed E-state index contributed by atoms with van der Waals surface area (Å²) in [6.07, 6.45) is 0. The van der Waals surface area contributed by atoms with Gasteiger partial charge in [-0.3, -0.25) is 9.59 Å². The highest BCUT2D eigenvalue weighted by atomic mass is 32.1. The SMILES string of the molecule is CC(=NNC(=O)C(=O)Nc1ccc(C)c(C)c1)c1cccs1. The Hall–Kier alpha value is -2.47. The second kappa shape index (κ2) is 7.00. The second-order valence-electron chi connectivity index (χ2n) is 4.87. The summed E-state index contributed by atoms with van der Waals surface area (Å²) < 4.78 is 0. The van der Waals surface area contributed by atoms with E-state index in [9.17, 15) is 9.59 Å². The summed E-state index contributed by atoms with van der Waals surface area (Å²) in [6, 6.07) is 9.26. The van der Waals surface area contributed by atoms with Gasteiger partial charge in [0.05, 0.1) is 5.71 Å². The molecule has 1 heterocycles. The Kier molecular flexibility index (Phi) is 5.06. The molecule has 5 nitrogen and oxygen atoms in total. The molecule has 0 radical (unpaired) electrons. The fraction of sp³-hybridized carbons (Fsp3) is 0.188. The molecule has 0 saturated carbocycles. The Labute approximate surface area is 133 Å². The first kappa shape index (κ1) is 15.9. The van der Waals surface area contributed by atoms with Crippen molar-refractivity contribution >= 4 is 34.6 Å². The fourth-order valence-electron chi connectivity index (χ4n) is 1.73. The predicted octanol–water partition coefficient (Wildman–Crippen LogP) is 2.84. The van der Waals surface area contributed by atoms with Gasteiger partial charge in [0.2, 0.25) is 0 Å². The van der Waals surface area contributed by atoms with E-state index in [1.54, 1.807) is 13.0 Å². The molecule has 0 bridgehead atoms. The summed E-state index contributed by atoms with van der Waals surface area (Å²) in [4.78, 5) is 24.5. The van der Waals surface area contributed by atoms with Crippen LogP contribution in [-0.4, -0.2) is 17.5 Å². The van der Waals surface area contributed by atoms with Gasteiger partial charge in [0.15, 0.2) is 0 Å². The highest BCUT2D eigenvalue weighted by molar-refractivity contribution is 7.12. The smallest absolute Gasteiger partial charge is 0.318 e. The van der Waals surface area contributed by atoms with Crippen LogP contribution in [0.1, 0.15) is 22.9 Å². The number of rotatable bonds is 3. The van der Waals surface area contributed by atoms with Crippen molar-refractivity contribution < 1.29 is 9.59 Å². The Morgan fingerprint density at radius 3 is 2.50 bits per heavy atom. The fourth-order valence-corrected chi connectivity index (χ4v) is 2.41. The number of anilines is 1. The van der Waals surface area contributed by atoms with Gasteiger partial charge in [0, 0.05) is 10.6 Å². The van der Waals surface area contributed by atoms with E-state index in [1.165, 1.54) is 11.3 Å². The second-order valence-corrected chi connectivity index (χ2v) is 5.82. The van der Waals surface area contributed by atoms with Crippen LogP contribution in [0.15, 0.2) is 40.8 Å². The molecule has 0 unspecified atom stereocenters. The first-order chi connectivity index (χ1) is 10.5. The summed E-state index contributed by atoms with van der Waals surface area (Å²) in [7, 11) is 0. The molecule has 2 aromatic rings. The predicted molar refractivity (Wildman–Crippen MR) is 89.2 cm³/mol. The minimum atomic E-state index is -0.797. The standard InChI is InChI=1S/C16H17N3O2S/c1-10-6-7-13(9-11(10)2)17-15(20)16(21)19-18-12(3)14-5-4-8-22-14/h4-9H,1-3H3,(H,17,20)(H,19,21). The molecule has 1 aromatic carbocycles. The Balaban J connectivity index is 1.96. The number of hydrazone groups is 1. The normalized spacial score (nSPS) is 11.1. The number of hydrogen-bond acceptors (Lipinski definition) is 4. The number of carbonyl (C=O) groups is 2. The van der Waals surface area contributed by atoms with Crippen LogP contribution in [0.5, 0.6) is 0 Å². The van der Waals surface area contributed by atoms with E-state index >= 15 is 0 Å². The topological polar surface area (TPSA) is 70.6 Å². The van der Waals surface area contributed by atoms with E-state index in [0.717, 1.165) is 16.0 Å². The molecule has 0 saturated heterocycles. The number of benzene rings is 1. The molecule has 2 N–H and O–H groups in total. The third kappa shape index (κ3) is 4.02. The number of carbonyl (C=O) groups excluding carboxylic acids is 2. The lowest BCUT2D eigenvalue weighted by atomic mass is 10.1. The highest BCUT2D eigenvalue weighted by Gasteiger charge is 2.13. The van der Waals surface area contributed by atoms with Gasteiger partial charge >= 0.3 is 11.8 Å². The molecule has 0 fully saturated rings. The molecule has 2 rings (SSSR count). The first-order valence-corrected chi connectivity index (χ1v) is 7.62. The number of nitrogens with one attached hydrogen (secondary N) is 2. The molecule has 0 aliphatic heterocycles. The average molecular weight is 315 g/mol. The monoisotopic (exact) mass is 315 g/mol. The molecule has 0 aliphatic carbocycles. The summed E-state index contributed by atoms with van der Waals surface area (Å²) in [5.41, 5.74) is 5.67. The summed E-state index contributed by atoms with van der Waals surface area (Å²) in [5, 5.41) is 8.40. The Morgan fingerprint density at radius 1 is 1.09 bits per heavy atom. The largest absolute Gasteiger partial charge is 0.329 e. The van der Waals surface area contributed by atoms with E-state index in [1.807, 2.05) is 43.5 Å². The van der Waals surface area contributed by atoms with Crippen LogP contribution in [-0.2, 0) is 9.59 Å². The Bertz CT molecular complexity index is 721. The molecular weight excluding hydrogens is 298 g/mol. The molecule has 6 heteroatoms. The maximum Gasteiger partial charge on any atom is 0.329 e. The van der Waals surface area contributed by atoms with Crippen LogP contribution in [0.2, 0.25) is 0 Å². The van der Waals surface area contributed by atoms with Crippen molar-refractivity contribution in [3.8, 4) is 0 Å². The summed E-state index contributed by atoms with van der Waals surface area (Å²) in [6.45, 7) is 5.70. The minimum absolute atomic E-state index is 0.585. The van der Waals surface area contributed by atoms with Crippen LogP contribution < -0.4 is 10.7 Å². The zero-order valence-electron chi connectivity index (χ0n) is 12.6. The van der Waals surface area contributed by atoms with Crippen molar-refractivity contribution in [3.05, 3.63) is 51.7 Å². The van der Waals surface area contributed by atoms with Crippen molar-refractivity contribution in [1.82, 2.24) is 5.43 Å². The number of amides is 2. The zero-order chi connectivity index (χ0) is 16.1. The van der Waals surface area contributed by atoms with Gasteiger partial charge < -0.3 is 5.32 Å². The van der Waals surface area contributed by atoms with Crippen LogP contribution >= 0.6 is 11.3 Å². The van der Waals surface area contributed by atoms with Gasteiger partial charge in [0.1, 0.15) is 0 Å². The van der Waals surface area contributed by atoms with Crippen molar-refractivity contribution in [2.75, 3.05) is 5.32 Å². The molecule has 22 heavy (non-hydrogen) atoms. The maximum absolute atomic E-state index is 11.8. The van der Waals surface area contributed by atoms with E-state index in [-0.39, 0.29) is 0 Å². The van der Waals surface area contributed by atoms with Crippen LogP contribution in [0.25, 0.3) is 0 Å².